The summed E-state index contributed by atoms with van der Waals surface area (Å²) in [5.74, 6) is 0.970. The van der Waals surface area contributed by atoms with Crippen molar-refractivity contribution in [3.63, 3.8) is 0 Å². The Bertz CT molecular complexity index is 418. The smallest absolute Gasteiger partial charge is 0.0110 e. The third-order valence-corrected chi connectivity index (χ3v) is 7.80. The van der Waals surface area contributed by atoms with E-state index in [0.717, 1.165) is 5.92 Å². The zero-order valence-corrected chi connectivity index (χ0v) is 24.2. The van der Waals surface area contributed by atoms with Crippen molar-refractivity contribution in [3.05, 3.63) is 0 Å². The number of rotatable bonds is 11. The Morgan fingerprint density at radius 2 is 1.41 bits per heavy atom. The van der Waals surface area contributed by atoms with Gasteiger partial charge in [0.1, 0.15) is 0 Å². The van der Waals surface area contributed by atoms with Crippen LogP contribution in [0.4, 0.5) is 0 Å². The Kier molecular flexibility index (Phi) is 17.3. The molecule has 1 aliphatic heterocycles. The second-order valence-corrected chi connectivity index (χ2v) is 10.4. The minimum atomic E-state index is 0.630. The molecular formula is C29H63N3. The molecule has 0 spiro atoms. The lowest BCUT2D eigenvalue weighted by atomic mass is 9.61. The van der Waals surface area contributed by atoms with Gasteiger partial charge in [0.15, 0.2) is 0 Å². The van der Waals surface area contributed by atoms with Gasteiger partial charge in [0.05, 0.1) is 0 Å². The monoisotopic (exact) mass is 454 g/mol. The van der Waals surface area contributed by atoms with Gasteiger partial charge >= 0.3 is 0 Å². The number of hydrogen-bond donors (Lipinski definition) is 0. The van der Waals surface area contributed by atoms with E-state index < -0.39 is 0 Å². The first-order valence-corrected chi connectivity index (χ1v) is 14.6. The van der Waals surface area contributed by atoms with E-state index in [0.29, 0.717) is 10.8 Å². The Morgan fingerprint density at radius 3 is 1.88 bits per heavy atom. The van der Waals surface area contributed by atoms with Crippen LogP contribution in [0.15, 0.2) is 0 Å². The average molecular weight is 454 g/mol. The van der Waals surface area contributed by atoms with Crippen LogP contribution in [-0.2, 0) is 0 Å². The largest absolute Gasteiger partial charge is 0.304 e. The van der Waals surface area contributed by atoms with Gasteiger partial charge in [0, 0.05) is 39.3 Å². The van der Waals surface area contributed by atoms with Crippen LogP contribution in [0, 0.1) is 16.7 Å². The Hall–Kier alpha value is -0.120. The lowest BCUT2D eigenvalue weighted by Crippen LogP contribution is -2.49. The SMILES string of the molecule is CC.CC.CC.CCCCN(CCC1(C)CC(CN2CCN(C)CC2)C1)CC1(CC)CC1. The third-order valence-electron chi connectivity index (χ3n) is 7.80. The standard InChI is InChI=1S/C23H45N3.3C2H6/c1-5-7-11-26(20-23(6-2)8-9-23)12-10-22(3)17-21(18-22)19-25-15-13-24(4)14-16-25;3*1-2/h21H,5-20H2,1-4H3;3*1-2H3. The van der Waals surface area contributed by atoms with Crippen LogP contribution in [-0.4, -0.2) is 74.1 Å². The summed E-state index contributed by atoms with van der Waals surface area (Å²) in [6.07, 6.45) is 11.4. The maximum absolute atomic E-state index is 2.83. The molecule has 32 heavy (non-hydrogen) atoms. The van der Waals surface area contributed by atoms with Crippen molar-refractivity contribution in [1.82, 2.24) is 14.7 Å². The molecule has 194 valence electrons. The minimum absolute atomic E-state index is 0.630. The summed E-state index contributed by atoms with van der Waals surface area (Å²) in [6.45, 7) is 29.8. The normalized spacial score (nSPS) is 26.5. The molecule has 0 bridgehead atoms. The van der Waals surface area contributed by atoms with Crippen LogP contribution in [0.25, 0.3) is 0 Å². The second-order valence-electron chi connectivity index (χ2n) is 10.4. The van der Waals surface area contributed by atoms with Gasteiger partial charge in [0.2, 0.25) is 0 Å². The summed E-state index contributed by atoms with van der Waals surface area (Å²) >= 11 is 0. The lowest BCUT2D eigenvalue weighted by molar-refractivity contribution is 0.0170. The molecule has 0 atom stereocenters. The number of piperazine rings is 1. The van der Waals surface area contributed by atoms with Crippen LogP contribution in [0.2, 0.25) is 0 Å². The van der Waals surface area contributed by atoms with Crippen molar-refractivity contribution < 1.29 is 0 Å². The number of likely N-dealkylation sites (N-methyl/N-ethyl adjacent to an activating group) is 1. The highest BCUT2D eigenvalue weighted by Crippen LogP contribution is 2.50. The molecule has 0 amide bonds. The molecule has 0 aromatic rings. The lowest BCUT2D eigenvalue weighted by Gasteiger charge is -2.49. The van der Waals surface area contributed by atoms with Crippen LogP contribution >= 0.6 is 0 Å². The highest BCUT2D eigenvalue weighted by Gasteiger charge is 2.43. The van der Waals surface area contributed by atoms with Gasteiger partial charge in [-0.1, -0.05) is 68.7 Å². The van der Waals surface area contributed by atoms with E-state index in [1.54, 1.807) is 0 Å². The first-order valence-electron chi connectivity index (χ1n) is 14.6. The fraction of sp³-hybridized carbons (Fsp3) is 1.00. The molecule has 3 fully saturated rings. The van der Waals surface area contributed by atoms with Crippen LogP contribution in [0.1, 0.15) is 114 Å². The first-order chi connectivity index (χ1) is 15.5. The van der Waals surface area contributed by atoms with Gasteiger partial charge in [-0.2, -0.15) is 0 Å². The van der Waals surface area contributed by atoms with Crippen molar-refractivity contribution in [1.29, 1.82) is 0 Å². The van der Waals surface area contributed by atoms with Crippen LogP contribution in [0.5, 0.6) is 0 Å². The summed E-state index contributed by atoms with van der Waals surface area (Å²) in [5, 5.41) is 0. The summed E-state index contributed by atoms with van der Waals surface area (Å²) in [6, 6.07) is 0. The van der Waals surface area contributed by atoms with E-state index in [2.05, 4.69) is 42.5 Å². The Morgan fingerprint density at radius 1 is 0.844 bits per heavy atom. The van der Waals surface area contributed by atoms with E-state index >= 15 is 0 Å². The molecule has 2 aliphatic carbocycles. The Balaban J connectivity index is 0.00000148. The van der Waals surface area contributed by atoms with Crippen molar-refractivity contribution in [2.75, 3.05) is 59.4 Å². The predicted molar refractivity (Wildman–Crippen MR) is 147 cm³/mol. The van der Waals surface area contributed by atoms with Gasteiger partial charge in [-0.25, -0.2) is 0 Å². The fourth-order valence-corrected chi connectivity index (χ4v) is 5.42. The molecule has 0 unspecified atom stereocenters. The molecule has 0 radical (unpaired) electrons. The van der Waals surface area contributed by atoms with Gasteiger partial charge in [-0.05, 0) is 81.8 Å². The van der Waals surface area contributed by atoms with Crippen molar-refractivity contribution in [3.8, 4) is 0 Å². The zero-order chi connectivity index (χ0) is 24.6. The molecule has 3 nitrogen and oxygen atoms in total. The predicted octanol–water partition coefficient (Wildman–Crippen LogP) is 7.41. The maximum Gasteiger partial charge on any atom is 0.0110 e. The molecule has 3 aliphatic rings. The van der Waals surface area contributed by atoms with Gasteiger partial charge < -0.3 is 14.7 Å². The van der Waals surface area contributed by atoms with Gasteiger partial charge in [0.25, 0.3) is 0 Å². The highest BCUT2D eigenvalue weighted by atomic mass is 15.2. The van der Waals surface area contributed by atoms with E-state index in [4.69, 9.17) is 0 Å². The quantitative estimate of drug-likeness (QED) is 0.322. The Labute approximate surface area is 204 Å². The molecule has 3 heteroatoms. The summed E-state index contributed by atoms with van der Waals surface area (Å²) in [5.41, 5.74) is 1.34. The molecule has 1 saturated heterocycles. The summed E-state index contributed by atoms with van der Waals surface area (Å²) < 4.78 is 0. The van der Waals surface area contributed by atoms with Gasteiger partial charge in [-0.15, -0.1) is 0 Å². The molecule has 1 heterocycles. The van der Waals surface area contributed by atoms with Crippen molar-refractivity contribution in [2.24, 2.45) is 16.7 Å². The topological polar surface area (TPSA) is 9.72 Å². The van der Waals surface area contributed by atoms with Gasteiger partial charge in [-0.3, -0.25) is 0 Å². The number of hydrogen-bond acceptors (Lipinski definition) is 3. The van der Waals surface area contributed by atoms with Crippen molar-refractivity contribution >= 4 is 0 Å². The van der Waals surface area contributed by atoms with E-state index in [9.17, 15) is 0 Å². The number of unbranched alkanes of at least 4 members (excludes halogenated alkanes) is 1. The molecule has 0 aromatic carbocycles. The maximum atomic E-state index is 2.83. The molecular weight excluding hydrogens is 390 g/mol. The average Bonchev–Trinajstić information content (AvgIpc) is 3.60. The minimum Gasteiger partial charge on any atom is -0.304 e. The third kappa shape index (κ3) is 11.3. The van der Waals surface area contributed by atoms with E-state index in [1.165, 1.54) is 104 Å². The van der Waals surface area contributed by atoms with Crippen molar-refractivity contribution in [2.45, 2.75) is 114 Å². The molecule has 0 N–H and O–H groups in total. The fourth-order valence-electron chi connectivity index (χ4n) is 5.42. The van der Waals surface area contributed by atoms with E-state index in [1.807, 2.05) is 41.5 Å². The molecule has 2 saturated carbocycles. The van der Waals surface area contributed by atoms with Crippen LogP contribution in [0.3, 0.4) is 0 Å². The second kappa shape index (κ2) is 17.3. The first kappa shape index (κ1) is 31.9. The zero-order valence-electron chi connectivity index (χ0n) is 24.2. The summed E-state index contributed by atoms with van der Waals surface area (Å²) in [7, 11) is 2.26. The molecule has 0 aromatic heterocycles. The highest BCUT2D eigenvalue weighted by molar-refractivity contribution is 4.96. The van der Waals surface area contributed by atoms with E-state index in [-0.39, 0.29) is 0 Å². The molecule has 3 rings (SSSR count). The number of nitrogens with zero attached hydrogens (tertiary/aromatic N) is 3. The van der Waals surface area contributed by atoms with Crippen LogP contribution < -0.4 is 0 Å². The summed E-state index contributed by atoms with van der Waals surface area (Å²) in [4.78, 5) is 8.02.